The second-order valence-electron chi connectivity index (χ2n) is 9.04. The van der Waals surface area contributed by atoms with Gasteiger partial charge in [0, 0.05) is 18.7 Å². The number of piperidine rings is 1. The SMILES string of the molecule is CCOC(=O)[C@H]1CCCN(C(=O)c2cccc(S(=O)(=O)N(Cc3ccccc3)c3ccccc3OC)c2)C1. The molecule has 3 aromatic carbocycles. The minimum atomic E-state index is -4.09. The lowest BCUT2D eigenvalue weighted by Gasteiger charge is -2.31. The first-order valence-corrected chi connectivity index (χ1v) is 14.0. The molecule has 1 atom stereocenters. The molecule has 0 N–H and O–H groups in total. The lowest BCUT2D eigenvalue weighted by atomic mass is 9.97. The number of benzene rings is 3. The molecule has 200 valence electrons. The first-order valence-electron chi connectivity index (χ1n) is 12.6. The summed E-state index contributed by atoms with van der Waals surface area (Å²) in [5, 5.41) is 0. The van der Waals surface area contributed by atoms with Gasteiger partial charge in [0.05, 0.1) is 36.8 Å². The number of likely N-dealkylation sites (tertiary alicyclic amines) is 1. The van der Waals surface area contributed by atoms with E-state index in [2.05, 4.69) is 0 Å². The van der Waals surface area contributed by atoms with Crippen LogP contribution in [-0.2, 0) is 26.1 Å². The van der Waals surface area contributed by atoms with Crippen molar-refractivity contribution < 1.29 is 27.5 Å². The molecule has 3 aromatic rings. The minimum Gasteiger partial charge on any atom is -0.495 e. The fourth-order valence-corrected chi connectivity index (χ4v) is 6.11. The first kappa shape index (κ1) is 27.2. The summed E-state index contributed by atoms with van der Waals surface area (Å²) < 4.78 is 40.0. The monoisotopic (exact) mass is 536 g/mol. The number of sulfonamides is 1. The third kappa shape index (κ3) is 5.99. The Balaban J connectivity index is 1.66. The largest absolute Gasteiger partial charge is 0.495 e. The fraction of sp³-hybridized carbons (Fsp3) is 0.310. The van der Waals surface area contributed by atoms with Crippen molar-refractivity contribution in [2.45, 2.75) is 31.2 Å². The molecule has 4 rings (SSSR count). The van der Waals surface area contributed by atoms with Crippen molar-refractivity contribution in [1.82, 2.24) is 4.90 Å². The molecular weight excluding hydrogens is 504 g/mol. The summed E-state index contributed by atoms with van der Waals surface area (Å²) in [5.41, 5.74) is 1.44. The summed E-state index contributed by atoms with van der Waals surface area (Å²) >= 11 is 0. The van der Waals surface area contributed by atoms with Crippen molar-refractivity contribution in [1.29, 1.82) is 0 Å². The average Bonchev–Trinajstić information content (AvgIpc) is 2.96. The molecule has 1 fully saturated rings. The predicted octanol–water partition coefficient (Wildman–Crippen LogP) is 4.51. The molecule has 0 radical (unpaired) electrons. The number of hydrogen-bond acceptors (Lipinski definition) is 6. The Morgan fingerprint density at radius 3 is 2.47 bits per heavy atom. The summed E-state index contributed by atoms with van der Waals surface area (Å²) in [7, 11) is -2.60. The van der Waals surface area contributed by atoms with E-state index in [1.165, 1.54) is 23.5 Å². The lowest BCUT2D eigenvalue weighted by Crippen LogP contribution is -2.42. The summed E-state index contributed by atoms with van der Waals surface area (Å²) in [6.45, 7) is 2.86. The van der Waals surface area contributed by atoms with Gasteiger partial charge in [0.1, 0.15) is 5.75 Å². The van der Waals surface area contributed by atoms with Gasteiger partial charge in [0.2, 0.25) is 0 Å². The van der Waals surface area contributed by atoms with Crippen molar-refractivity contribution in [3.05, 3.63) is 90.0 Å². The van der Waals surface area contributed by atoms with Crippen LogP contribution in [0.4, 0.5) is 5.69 Å². The number of para-hydroxylation sites is 2. The van der Waals surface area contributed by atoms with Crippen LogP contribution >= 0.6 is 0 Å². The zero-order chi connectivity index (χ0) is 27.1. The zero-order valence-corrected chi connectivity index (χ0v) is 22.4. The van der Waals surface area contributed by atoms with Gasteiger partial charge in [-0.05, 0) is 55.7 Å². The highest BCUT2D eigenvalue weighted by molar-refractivity contribution is 7.92. The molecule has 0 spiro atoms. The van der Waals surface area contributed by atoms with E-state index in [0.717, 1.165) is 5.56 Å². The summed E-state index contributed by atoms with van der Waals surface area (Å²) in [6, 6.07) is 22.3. The average molecular weight is 537 g/mol. The van der Waals surface area contributed by atoms with Crippen LogP contribution in [0.3, 0.4) is 0 Å². The number of carbonyl (C=O) groups is 2. The van der Waals surface area contributed by atoms with E-state index in [4.69, 9.17) is 9.47 Å². The summed E-state index contributed by atoms with van der Waals surface area (Å²) in [5.74, 6) is -0.596. The number of anilines is 1. The van der Waals surface area contributed by atoms with Gasteiger partial charge in [-0.2, -0.15) is 0 Å². The molecule has 0 unspecified atom stereocenters. The Hall–Kier alpha value is -3.85. The Labute approximate surface area is 223 Å². The number of ether oxygens (including phenoxy) is 2. The van der Waals surface area contributed by atoms with E-state index in [1.54, 1.807) is 48.2 Å². The predicted molar refractivity (Wildman–Crippen MR) is 145 cm³/mol. The minimum absolute atomic E-state index is 0.0101. The van der Waals surface area contributed by atoms with E-state index in [1.807, 2.05) is 30.3 Å². The van der Waals surface area contributed by atoms with Crippen LogP contribution in [-0.4, -0.2) is 52.0 Å². The van der Waals surface area contributed by atoms with Crippen LogP contribution in [0.15, 0.2) is 83.8 Å². The van der Waals surface area contributed by atoms with E-state index in [9.17, 15) is 18.0 Å². The molecule has 1 aliphatic rings. The normalized spacial score (nSPS) is 15.5. The highest BCUT2D eigenvalue weighted by Gasteiger charge is 2.32. The molecular formula is C29H32N2O6S. The Morgan fingerprint density at radius 1 is 1.00 bits per heavy atom. The van der Waals surface area contributed by atoms with E-state index < -0.39 is 10.0 Å². The molecule has 1 aliphatic heterocycles. The number of amides is 1. The number of carbonyl (C=O) groups excluding carboxylic acids is 2. The molecule has 0 saturated carbocycles. The molecule has 9 heteroatoms. The summed E-state index contributed by atoms with van der Waals surface area (Å²) in [4.78, 5) is 27.2. The molecule has 1 saturated heterocycles. The maximum absolute atomic E-state index is 14.1. The maximum Gasteiger partial charge on any atom is 0.310 e. The number of rotatable bonds is 9. The molecule has 0 aromatic heterocycles. The van der Waals surface area contributed by atoms with Crippen molar-refractivity contribution in [2.24, 2.45) is 5.92 Å². The first-order chi connectivity index (χ1) is 18.3. The van der Waals surface area contributed by atoms with Gasteiger partial charge >= 0.3 is 5.97 Å². The Kier molecular flexibility index (Phi) is 8.68. The molecule has 0 bridgehead atoms. The second-order valence-corrected chi connectivity index (χ2v) is 10.9. The van der Waals surface area contributed by atoms with Crippen LogP contribution < -0.4 is 9.04 Å². The molecule has 8 nitrogen and oxygen atoms in total. The van der Waals surface area contributed by atoms with Gasteiger partial charge in [-0.15, -0.1) is 0 Å². The van der Waals surface area contributed by atoms with Gasteiger partial charge in [-0.1, -0.05) is 48.5 Å². The lowest BCUT2D eigenvalue weighted by molar-refractivity contribution is -0.149. The van der Waals surface area contributed by atoms with Crippen LogP contribution in [0.2, 0.25) is 0 Å². The van der Waals surface area contributed by atoms with Gasteiger partial charge in [-0.3, -0.25) is 13.9 Å². The van der Waals surface area contributed by atoms with Gasteiger partial charge in [0.15, 0.2) is 0 Å². The highest BCUT2D eigenvalue weighted by Crippen LogP contribution is 2.34. The van der Waals surface area contributed by atoms with Crippen LogP contribution in [0.5, 0.6) is 5.75 Å². The van der Waals surface area contributed by atoms with Crippen molar-refractivity contribution in [3.63, 3.8) is 0 Å². The molecule has 1 amide bonds. The van der Waals surface area contributed by atoms with Crippen LogP contribution in [0.25, 0.3) is 0 Å². The number of methoxy groups -OCH3 is 1. The quantitative estimate of drug-likeness (QED) is 0.374. The standard InChI is InChI=1S/C29H32N2O6S/c1-3-37-29(33)24-14-10-18-30(21-24)28(32)23-13-9-15-25(19-23)38(34,35)31(20-22-11-5-4-6-12-22)26-16-7-8-17-27(26)36-2/h4-9,11-13,15-17,19,24H,3,10,14,18,20-21H2,1-2H3/t24-/m0/s1. The Morgan fingerprint density at radius 2 is 1.74 bits per heavy atom. The topological polar surface area (TPSA) is 93.2 Å². The van der Waals surface area contributed by atoms with Crippen LogP contribution in [0, 0.1) is 5.92 Å². The highest BCUT2D eigenvalue weighted by atomic mass is 32.2. The van der Waals surface area contributed by atoms with E-state index in [0.29, 0.717) is 30.8 Å². The van der Waals surface area contributed by atoms with Gasteiger partial charge < -0.3 is 14.4 Å². The number of nitrogens with zero attached hydrogens (tertiary/aromatic N) is 2. The zero-order valence-electron chi connectivity index (χ0n) is 21.6. The smallest absolute Gasteiger partial charge is 0.310 e. The van der Waals surface area contributed by atoms with Crippen molar-refractivity contribution in [3.8, 4) is 5.75 Å². The molecule has 0 aliphatic carbocycles. The third-order valence-electron chi connectivity index (χ3n) is 6.52. The Bertz CT molecular complexity index is 1380. The molecule has 1 heterocycles. The number of hydrogen-bond donors (Lipinski definition) is 0. The van der Waals surface area contributed by atoms with E-state index in [-0.39, 0.29) is 47.9 Å². The summed E-state index contributed by atoms with van der Waals surface area (Å²) in [6.07, 6.45) is 1.33. The van der Waals surface area contributed by atoms with Crippen molar-refractivity contribution in [2.75, 3.05) is 31.1 Å². The third-order valence-corrected chi connectivity index (χ3v) is 8.28. The fourth-order valence-electron chi connectivity index (χ4n) is 4.60. The second kappa shape index (κ2) is 12.1. The van der Waals surface area contributed by atoms with Crippen molar-refractivity contribution >= 4 is 27.6 Å². The molecule has 38 heavy (non-hydrogen) atoms. The van der Waals surface area contributed by atoms with E-state index >= 15 is 0 Å². The van der Waals surface area contributed by atoms with Gasteiger partial charge in [-0.25, -0.2) is 8.42 Å². The number of esters is 1. The van der Waals surface area contributed by atoms with Crippen LogP contribution in [0.1, 0.15) is 35.7 Å². The van der Waals surface area contributed by atoms with Gasteiger partial charge in [0.25, 0.3) is 15.9 Å². The maximum atomic E-state index is 14.1.